The van der Waals surface area contributed by atoms with Gasteiger partial charge in [-0.2, -0.15) is 9.78 Å². The maximum atomic E-state index is 4.07. The summed E-state index contributed by atoms with van der Waals surface area (Å²) in [6.45, 7) is 0. The quantitative estimate of drug-likeness (QED) is 0.734. The van der Waals surface area contributed by atoms with E-state index in [1.165, 1.54) is 0 Å². The second kappa shape index (κ2) is 3.18. The monoisotopic (exact) mass is 272 g/mol. The van der Waals surface area contributed by atoms with Crippen molar-refractivity contribution in [1.82, 2.24) is 19.7 Å². The lowest BCUT2D eigenvalue weighted by molar-refractivity contribution is 0.790. The fourth-order valence-corrected chi connectivity index (χ4v) is 1.34. The molecule has 0 fully saturated rings. The Morgan fingerprint density at radius 2 is 1.92 bits per heavy atom. The van der Waals surface area contributed by atoms with Gasteiger partial charge in [-0.05, 0) is 34.7 Å². The van der Waals surface area contributed by atoms with Crippen LogP contribution in [0, 0.1) is 3.70 Å². The van der Waals surface area contributed by atoms with E-state index in [1.807, 2.05) is 6.07 Å². The normalized spacial score (nSPS) is 10.1. The second-order valence-corrected chi connectivity index (χ2v) is 3.22. The highest BCUT2D eigenvalue weighted by atomic mass is 127. The van der Waals surface area contributed by atoms with Gasteiger partial charge in [-0.15, -0.1) is 0 Å². The first-order valence-corrected chi connectivity index (χ1v) is 4.43. The highest BCUT2D eigenvalue weighted by Crippen LogP contribution is 2.06. The lowest BCUT2D eigenvalue weighted by Gasteiger charge is -1.98. The average molecular weight is 272 g/mol. The molecule has 0 saturated heterocycles. The smallest absolute Gasteiger partial charge is 0.220 e. The van der Waals surface area contributed by atoms with Crippen molar-refractivity contribution in [2.45, 2.75) is 0 Å². The molecule has 2 rings (SSSR count). The molecule has 0 spiro atoms. The average Bonchev–Trinajstić information content (AvgIpc) is 2.53. The standard InChI is InChI=1S/C7H5IN4/c8-6-2-5-11-12(6)7-9-3-1-4-10-7/h1-5H. The minimum absolute atomic E-state index is 0.604. The molecule has 2 heterocycles. The Labute approximate surface area is 82.8 Å². The molecule has 0 aromatic carbocycles. The van der Waals surface area contributed by atoms with Crippen molar-refractivity contribution in [3.63, 3.8) is 0 Å². The predicted molar refractivity (Wildman–Crippen MR) is 51.9 cm³/mol. The third-order valence-electron chi connectivity index (χ3n) is 1.34. The maximum absolute atomic E-state index is 4.07. The van der Waals surface area contributed by atoms with Crippen molar-refractivity contribution in [2.75, 3.05) is 0 Å². The second-order valence-electron chi connectivity index (χ2n) is 2.11. The molecule has 0 aliphatic rings. The van der Waals surface area contributed by atoms with Crippen molar-refractivity contribution in [3.05, 3.63) is 34.4 Å². The lowest BCUT2D eigenvalue weighted by atomic mass is 10.7. The Balaban J connectivity index is 2.51. The van der Waals surface area contributed by atoms with Gasteiger partial charge in [-0.25, -0.2) is 9.97 Å². The predicted octanol–water partition coefficient (Wildman–Crippen LogP) is 1.27. The number of rotatable bonds is 1. The molecule has 4 nitrogen and oxygen atoms in total. The van der Waals surface area contributed by atoms with Gasteiger partial charge in [0, 0.05) is 12.4 Å². The van der Waals surface area contributed by atoms with Crippen molar-refractivity contribution < 1.29 is 0 Å². The summed E-state index contributed by atoms with van der Waals surface area (Å²) in [5, 5.41) is 4.07. The number of hydrogen-bond acceptors (Lipinski definition) is 3. The van der Waals surface area contributed by atoms with Gasteiger partial charge in [0.1, 0.15) is 3.70 Å². The minimum Gasteiger partial charge on any atom is -0.220 e. The van der Waals surface area contributed by atoms with Gasteiger partial charge in [-0.1, -0.05) is 0 Å². The van der Waals surface area contributed by atoms with Gasteiger partial charge in [-0.3, -0.25) is 0 Å². The van der Waals surface area contributed by atoms with E-state index in [0.717, 1.165) is 3.70 Å². The molecule has 0 bridgehead atoms. The van der Waals surface area contributed by atoms with Gasteiger partial charge in [0.2, 0.25) is 0 Å². The third-order valence-corrected chi connectivity index (χ3v) is 2.15. The van der Waals surface area contributed by atoms with Gasteiger partial charge in [0.15, 0.2) is 0 Å². The first kappa shape index (κ1) is 7.66. The molecule has 12 heavy (non-hydrogen) atoms. The van der Waals surface area contributed by atoms with E-state index in [2.05, 4.69) is 37.7 Å². The topological polar surface area (TPSA) is 43.6 Å². The molecule has 2 aromatic heterocycles. The number of halogens is 1. The summed E-state index contributed by atoms with van der Waals surface area (Å²) < 4.78 is 2.68. The highest BCUT2D eigenvalue weighted by molar-refractivity contribution is 14.1. The van der Waals surface area contributed by atoms with Crippen LogP contribution in [0.5, 0.6) is 0 Å². The van der Waals surface area contributed by atoms with Crippen LogP contribution < -0.4 is 0 Å². The van der Waals surface area contributed by atoms with E-state index in [9.17, 15) is 0 Å². The van der Waals surface area contributed by atoms with E-state index >= 15 is 0 Å². The maximum Gasteiger partial charge on any atom is 0.251 e. The summed E-state index contributed by atoms with van der Waals surface area (Å²) in [7, 11) is 0. The van der Waals surface area contributed by atoms with Gasteiger partial charge in [0.25, 0.3) is 5.95 Å². The molecule has 0 aliphatic carbocycles. The lowest BCUT2D eigenvalue weighted by Crippen LogP contribution is -2.03. The molecular weight excluding hydrogens is 267 g/mol. The zero-order chi connectivity index (χ0) is 8.39. The van der Waals surface area contributed by atoms with E-state index in [-0.39, 0.29) is 0 Å². The summed E-state index contributed by atoms with van der Waals surface area (Å²) >= 11 is 2.18. The first-order valence-electron chi connectivity index (χ1n) is 3.35. The molecule has 0 unspecified atom stereocenters. The molecule has 2 aromatic rings. The summed E-state index contributed by atoms with van der Waals surface area (Å²) in [6, 6.07) is 3.68. The number of hydrogen-bond donors (Lipinski definition) is 0. The Kier molecular flexibility index (Phi) is 2.03. The molecule has 60 valence electrons. The SMILES string of the molecule is Ic1ccnn1-c1ncccn1. The largest absolute Gasteiger partial charge is 0.251 e. The fourth-order valence-electron chi connectivity index (χ4n) is 0.835. The molecule has 0 N–H and O–H groups in total. The number of aromatic nitrogens is 4. The molecule has 0 atom stereocenters. The summed E-state index contributed by atoms with van der Waals surface area (Å²) in [4.78, 5) is 8.13. The van der Waals surface area contributed by atoms with Crippen LogP contribution in [-0.4, -0.2) is 19.7 Å². The summed E-state index contributed by atoms with van der Waals surface area (Å²) in [5.41, 5.74) is 0. The molecule has 5 heteroatoms. The zero-order valence-electron chi connectivity index (χ0n) is 6.05. The Morgan fingerprint density at radius 3 is 2.50 bits per heavy atom. The zero-order valence-corrected chi connectivity index (χ0v) is 8.21. The minimum atomic E-state index is 0.604. The molecule has 0 aliphatic heterocycles. The van der Waals surface area contributed by atoms with Crippen molar-refractivity contribution in [3.8, 4) is 5.95 Å². The summed E-state index contributed by atoms with van der Waals surface area (Å²) in [6.07, 6.45) is 5.11. The fraction of sp³-hybridized carbons (Fsp3) is 0. The Hall–Kier alpha value is -0.980. The first-order chi connectivity index (χ1) is 5.88. The van der Waals surface area contributed by atoms with Crippen LogP contribution in [0.4, 0.5) is 0 Å². The van der Waals surface area contributed by atoms with Crippen LogP contribution in [0.25, 0.3) is 5.95 Å². The van der Waals surface area contributed by atoms with Crippen LogP contribution in [-0.2, 0) is 0 Å². The van der Waals surface area contributed by atoms with Gasteiger partial charge < -0.3 is 0 Å². The van der Waals surface area contributed by atoms with Gasteiger partial charge >= 0.3 is 0 Å². The van der Waals surface area contributed by atoms with E-state index in [0.29, 0.717) is 5.95 Å². The third kappa shape index (κ3) is 1.31. The van der Waals surface area contributed by atoms with E-state index in [4.69, 9.17) is 0 Å². The van der Waals surface area contributed by atoms with Crippen LogP contribution in [0.15, 0.2) is 30.7 Å². The van der Waals surface area contributed by atoms with Crippen LogP contribution in [0.2, 0.25) is 0 Å². The molecule has 0 saturated carbocycles. The van der Waals surface area contributed by atoms with Crippen molar-refractivity contribution in [1.29, 1.82) is 0 Å². The van der Waals surface area contributed by atoms with E-state index in [1.54, 1.807) is 29.3 Å². The highest BCUT2D eigenvalue weighted by Gasteiger charge is 2.01. The van der Waals surface area contributed by atoms with Crippen LogP contribution >= 0.6 is 22.6 Å². The number of nitrogens with zero attached hydrogens (tertiary/aromatic N) is 4. The van der Waals surface area contributed by atoms with Crippen molar-refractivity contribution in [2.24, 2.45) is 0 Å². The summed E-state index contributed by atoms with van der Waals surface area (Å²) in [5.74, 6) is 0.604. The van der Waals surface area contributed by atoms with Crippen molar-refractivity contribution >= 4 is 22.6 Å². The van der Waals surface area contributed by atoms with E-state index < -0.39 is 0 Å². The molecule has 0 amide bonds. The Bertz CT molecular complexity index is 370. The van der Waals surface area contributed by atoms with Crippen LogP contribution in [0.1, 0.15) is 0 Å². The molecular formula is C7H5IN4. The van der Waals surface area contributed by atoms with Gasteiger partial charge in [0.05, 0.1) is 6.20 Å². The Morgan fingerprint density at radius 1 is 1.17 bits per heavy atom. The van der Waals surface area contributed by atoms with Crippen LogP contribution in [0.3, 0.4) is 0 Å². The molecule has 0 radical (unpaired) electrons.